The first-order valence-electron chi connectivity index (χ1n) is 9.75. The van der Waals surface area contributed by atoms with E-state index in [1.807, 2.05) is 30.3 Å². The van der Waals surface area contributed by atoms with E-state index in [0.717, 1.165) is 5.56 Å². The molecule has 4 rings (SSSR count). The molecule has 2 atom stereocenters. The number of hydrogen-bond donors (Lipinski definition) is 5. The third kappa shape index (κ3) is 4.74. The lowest BCUT2D eigenvalue weighted by Gasteiger charge is -2.11. The molecule has 2 aromatic rings. The molecule has 1 saturated heterocycles. The van der Waals surface area contributed by atoms with Crippen molar-refractivity contribution < 1.29 is 18.0 Å². The summed E-state index contributed by atoms with van der Waals surface area (Å²) < 4.78 is 26.5. The molecule has 2 unspecified atom stereocenters. The fraction of sp³-hybridized carbons (Fsp3) is 0.250. The monoisotopic (exact) mass is 442 g/mol. The van der Waals surface area contributed by atoms with Gasteiger partial charge in [0.25, 0.3) is 15.9 Å². The first-order valence-corrected chi connectivity index (χ1v) is 11.2. The van der Waals surface area contributed by atoms with Crippen molar-refractivity contribution in [1.82, 2.24) is 26.4 Å². The summed E-state index contributed by atoms with van der Waals surface area (Å²) in [7, 11) is -3.61. The van der Waals surface area contributed by atoms with Gasteiger partial charge >= 0.3 is 0 Å². The fourth-order valence-electron chi connectivity index (χ4n) is 3.43. The summed E-state index contributed by atoms with van der Waals surface area (Å²) in [5.74, 6) is -0.582. The van der Waals surface area contributed by atoms with E-state index in [-0.39, 0.29) is 35.6 Å². The van der Waals surface area contributed by atoms with Gasteiger partial charge in [0.05, 0.1) is 11.4 Å². The zero-order valence-corrected chi connectivity index (χ0v) is 17.3. The van der Waals surface area contributed by atoms with Crippen molar-refractivity contribution in [2.75, 3.05) is 6.54 Å². The predicted molar refractivity (Wildman–Crippen MR) is 113 cm³/mol. The van der Waals surface area contributed by atoms with E-state index in [0.29, 0.717) is 12.0 Å². The lowest BCUT2D eigenvalue weighted by Crippen LogP contribution is -2.50. The van der Waals surface area contributed by atoms with Crippen LogP contribution in [0, 0.1) is 0 Å². The summed E-state index contributed by atoms with van der Waals surface area (Å²) in [6.45, 7) is 0.0627. The van der Waals surface area contributed by atoms with Gasteiger partial charge in [-0.2, -0.15) is 0 Å². The summed E-state index contributed by atoms with van der Waals surface area (Å²) in [5.41, 5.74) is 12.3. The minimum Gasteiger partial charge on any atom is -0.273 e. The number of fused-ring (bicyclic) bond motifs is 1. The Morgan fingerprint density at radius 3 is 2.55 bits per heavy atom. The lowest BCUT2D eigenvalue weighted by molar-refractivity contribution is -0.129. The van der Waals surface area contributed by atoms with Crippen LogP contribution in [0.15, 0.2) is 64.5 Å². The minimum atomic E-state index is -3.61. The maximum Gasteiger partial charge on any atom is 0.263 e. The van der Waals surface area contributed by atoms with E-state index in [2.05, 4.69) is 31.4 Å². The Balaban J connectivity index is 1.23. The van der Waals surface area contributed by atoms with E-state index in [1.54, 1.807) is 18.2 Å². The number of aliphatic imine (C=N–C) groups is 1. The molecule has 31 heavy (non-hydrogen) atoms. The van der Waals surface area contributed by atoms with E-state index in [1.165, 1.54) is 6.07 Å². The molecule has 2 amide bonds. The maximum atomic E-state index is 12.3. The Bertz CT molecular complexity index is 1120. The van der Waals surface area contributed by atoms with Crippen LogP contribution in [0.3, 0.4) is 0 Å². The van der Waals surface area contributed by atoms with Gasteiger partial charge in [0, 0.05) is 18.0 Å². The van der Waals surface area contributed by atoms with Crippen molar-refractivity contribution in [3.63, 3.8) is 0 Å². The van der Waals surface area contributed by atoms with Gasteiger partial charge in [-0.3, -0.25) is 30.2 Å². The van der Waals surface area contributed by atoms with Crippen LogP contribution in [0.5, 0.6) is 0 Å². The van der Waals surface area contributed by atoms with E-state index in [4.69, 9.17) is 0 Å². The fourth-order valence-corrected chi connectivity index (χ4v) is 4.68. The van der Waals surface area contributed by atoms with Gasteiger partial charge in [-0.25, -0.2) is 19.3 Å². The first kappa shape index (κ1) is 21.0. The maximum absolute atomic E-state index is 12.3. The highest BCUT2D eigenvalue weighted by molar-refractivity contribution is 7.90. The average Bonchev–Trinajstić information content (AvgIpc) is 3.36. The summed E-state index contributed by atoms with van der Waals surface area (Å²) >= 11 is 0. The number of carbonyl (C=O) groups excluding carboxylic acids is 2. The highest BCUT2D eigenvalue weighted by atomic mass is 32.2. The molecular formula is C20H22N6O4S. The second-order valence-corrected chi connectivity index (χ2v) is 8.81. The number of benzene rings is 2. The van der Waals surface area contributed by atoms with E-state index < -0.39 is 22.0 Å². The molecule has 0 saturated carbocycles. The lowest BCUT2D eigenvalue weighted by atomic mass is 10.0. The molecule has 2 aliphatic heterocycles. The van der Waals surface area contributed by atoms with Gasteiger partial charge < -0.3 is 0 Å². The molecule has 11 heteroatoms. The van der Waals surface area contributed by atoms with Gasteiger partial charge in [0.15, 0.2) is 0 Å². The molecule has 5 N–H and O–H groups in total. The van der Waals surface area contributed by atoms with Gasteiger partial charge in [-0.15, -0.1) is 0 Å². The highest BCUT2D eigenvalue weighted by Gasteiger charge is 2.31. The molecule has 1 fully saturated rings. The number of hydrogen-bond acceptors (Lipinski definition) is 7. The quantitative estimate of drug-likeness (QED) is 0.409. The van der Waals surface area contributed by atoms with Gasteiger partial charge in [-0.05, 0) is 24.1 Å². The number of hydrazine groups is 2. The standard InChI is InChI=1S/C20H22N6O4S/c27-18(10-11-21-19-14-8-4-5-9-17(14)31(29,30)26-19)24-25-20(28)16-12-15(22-23-16)13-6-2-1-3-7-13/h1-9,15-16,22-23H,10-12H2,(H,21,26)(H,24,27)(H,25,28). The van der Waals surface area contributed by atoms with Crippen molar-refractivity contribution in [1.29, 1.82) is 0 Å². The normalized spacial score (nSPS) is 22.5. The van der Waals surface area contributed by atoms with Gasteiger partial charge in [-0.1, -0.05) is 42.5 Å². The number of amides is 2. The predicted octanol–water partition coefficient (Wildman–Crippen LogP) is -0.130. The number of nitrogens with one attached hydrogen (secondary N) is 5. The van der Waals surface area contributed by atoms with Crippen molar-refractivity contribution in [3.05, 3.63) is 65.7 Å². The van der Waals surface area contributed by atoms with Crippen molar-refractivity contribution in [2.45, 2.75) is 29.8 Å². The van der Waals surface area contributed by atoms with Gasteiger partial charge in [0.1, 0.15) is 11.9 Å². The molecule has 2 aromatic carbocycles. The zero-order valence-electron chi connectivity index (χ0n) is 16.5. The molecular weight excluding hydrogens is 420 g/mol. The smallest absolute Gasteiger partial charge is 0.263 e. The van der Waals surface area contributed by atoms with E-state index >= 15 is 0 Å². The largest absolute Gasteiger partial charge is 0.273 e. The molecule has 0 radical (unpaired) electrons. The average molecular weight is 443 g/mol. The van der Waals surface area contributed by atoms with Crippen LogP contribution in [-0.2, 0) is 19.6 Å². The van der Waals surface area contributed by atoms with Crippen LogP contribution in [0.4, 0.5) is 0 Å². The van der Waals surface area contributed by atoms with Crippen LogP contribution >= 0.6 is 0 Å². The highest BCUT2D eigenvalue weighted by Crippen LogP contribution is 2.22. The summed E-state index contributed by atoms with van der Waals surface area (Å²) in [6, 6.07) is 15.8. The molecule has 0 bridgehead atoms. The van der Waals surface area contributed by atoms with E-state index in [9.17, 15) is 18.0 Å². The molecule has 2 heterocycles. The van der Waals surface area contributed by atoms with Crippen LogP contribution in [0.2, 0.25) is 0 Å². The Kier molecular flexibility index (Phi) is 5.98. The molecule has 0 aromatic heterocycles. The van der Waals surface area contributed by atoms with Crippen LogP contribution in [-0.4, -0.2) is 38.7 Å². The number of carbonyl (C=O) groups is 2. The zero-order chi connectivity index (χ0) is 21.8. The topological polar surface area (TPSA) is 141 Å². The Hall–Kier alpha value is -3.28. The second kappa shape index (κ2) is 8.84. The number of amidine groups is 1. The Morgan fingerprint density at radius 2 is 1.74 bits per heavy atom. The third-order valence-corrected chi connectivity index (χ3v) is 6.42. The Labute approximate surface area is 179 Å². The number of rotatable bonds is 5. The molecule has 0 aliphatic carbocycles. The SMILES string of the molecule is O=C(CCN=C1NS(=O)(=O)c2ccccc21)NNC(=O)C1CC(c2ccccc2)NN1. The second-order valence-electron chi connectivity index (χ2n) is 7.16. The molecule has 10 nitrogen and oxygen atoms in total. The Morgan fingerprint density at radius 1 is 1.00 bits per heavy atom. The van der Waals surface area contributed by atoms with Crippen LogP contribution in [0.1, 0.15) is 30.0 Å². The molecule has 0 spiro atoms. The molecule has 162 valence electrons. The first-order chi connectivity index (χ1) is 14.9. The summed E-state index contributed by atoms with van der Waals surface area (Å²) in [5, 5.41) is 0. The molecule has 2 aliphatic rings. The van der Waals surface area contributed by atoms with Crippen molar-refractivity contribution in [3.8, 4) is 0 Å². The van der Waals surface area contributed by atoms with Crippen LogP contribution < -0.4 is 26.4 Å². The number of sulfonamides is 1. The summed E-state index contributed by atoms with van der Waals surface area (Å²) in [4.78, 5) is 28.7. The van der Waals surface area contributed by atoms with Crippen molar-refractivity contribution >= 4 is 27.7 Å². The summed E-state index contributed by atoms with van der Waals surface area (Å²) in [6.07, 6.45) is 0.523. The minimum absolute atomic E-state index is 0.00143. The third-order valence-electron chi connectivity index (χ3n) is 5.02. The number of nitrogens with zero attached hydrogens (tertiary/aromatic N) is 1. The van der Waals surface area contributed by atoms with Crippen LogP contribution in [0.25, 0.3) is 0 Å². The van der Waals surface area contributed by atoms with Crippen molar-refractivity contribution in [2.24, 2.45) is 4.99 Å². The van der Waals surface area contributed by atoms with Gasteiger partial charge in [0.2, 0.25) is 5.91 Å².